The molecule has 1 aliphatic heterocycles. The van der Waals surface area contributed by atoms with Crippen LogP contribution >= 0.6 is 0 Å². The molecule has 0 aromatic heterocycles. The zero-order valence-electron chi connectivity index (χ0n) is 16.2. The highest BCUT2D eigenvalue weighted by Gasteiger charge is 2.15. The lowest BCUT2D eigenvalue weighted by molar-refractivity contribution is 0.102. The van der Waals surface area contributed by atoms with Crippen LogP contribution in [0.25, 0.3) is 0 Å². The molecule has 0 saturated carbocycles. The van der Waals surface area contributed by atoms with Gasteiger partial charge in [-0.05, 0) is 56.4 Å². The molecule has 1 saturated heterocycles. The van der Waals surface area contributed by atoms with Gasteiger partial charge in [0.2, 0.25) is 0 Å². The van der Waals surface area contributed by atoms with Crippen LogP contribution in [0.3, 0.4) is 0 Å². The third-order valence-electron chi connectivity index (χ3n) is 4.72. The van der Waals surface area contributed by atoms with Crippen molar-refractivity contribution in [3.63, 3.8) is 0 Å². The maximum Gasteiger partial charge on any atom is 0.255 e. The van der Waals surface area contributed by atoms with Crippen LogP contribution in [0.5, 0.6) is 11.5 Å². The number of nitrogens with one attached hydrogen (secondary N) is 1. The van der Waals surface area contributed by atoms with Gasteiger partial charge in [0.15, 0.2) is 11.5 Å². The van der Waals surface area contributed by atoms with E-state index in [4.69, 9.17) is 9.47 Å². The Morgan fingerprint density at radius 2 is 1.74 bits per heavy atom. The molecule has 0 bridgehead atoms. The second kappa shape index (κ2) is 8.77. The largest absolute Gasteiger partial charge is 0.493 e. The Kier molecular flexibility index (Phi) is 6.19. The Balaban J connectivity index is 1.66. The second-order valence-corrected chi connectivity index (χ2v) is 6.59. The summed E-state index contributed by atoms with van der Waals surface area (Å²) >= 11 is 0. The first-order valence-electron chi connectivity index (χ1n) is 9.26. The fourth-order valence-electron chi connectivity index (χ4n) is 3.11. The molecule has 6 nitrogen and oxygen atoms in total. The quantitative estimate of drug-likeness (QED) is 0.848. The molecular formula is C21H27N3O3. The number of ether oxygens (including phenoxy) is 2. The number of nitrogens with zero attached hydrogens (tertiary/aromatic N) is 2. The highest BCUT2D eigenvalue weighted by molar-refractivity contribution is 6.04. The first kappa shape index (κ1) is 19.0. The molecule has 0 aliphatic carbocycles. The van der Waals surface area contributed by atoms with Crippen molar-refractivity contribution in [1.29, 1.82) is 0 Å². The standard InChI is InChI=1S/C21H27N3O3/c1-4-27-20-15-16(5-10-19(20)26-3)21(25)22-17-6-8-18(9-7-17)24-13-11-23(2)12-14-24/h5-10,15H,4,11-14H2,1-3H3,(H,22,25). The molecule has 0 atom stereocenters. The zero-order chi connectivity index (χ0) is 19.2. The van der Waals surface area contributed by atoms with Gasteiger partial charge in [-0.15, -0.1) is 0 Å². The number of likely N-dealkylation sites (N-methyl/N-ethyl adjacent to an activating group) is 1. The van der Waals surface area contributed by atoms with Crippen molar-refractivity contribution in [3.8, 4) is 11.5 Å². The van der Waals surface area contributed by atoms with Crippen molar-refractivity contribution in [1.82, 2.24) is 4.90 Å². The summed E-state index contributed by atoms with van der Waals surface area (Å²) in [7, 11) is 3.73. The van der Waals surface area contributed by atoms with Crippen molar-refractivity contribution < 1.29 is 14.3 Å². The van der Waals surface area contributed by atoms with E-state index in [0.29, 0.717) is 23.7 Å². The van der Waals surface area contributed by atoms with Gasteiger partial charge in [-0.25, -0.2) is 0 Å². The normalized spacial score (nSPS) is 14.7. The first-order chi connectivity index (χ1) is 13.1. The van der Waals surface area contributed by atoms with Crippen LogP contribution in [0.2, 0.25) is 0 Å². The Morgan fingerprint density at radius 1 is 1.04 bits per heavy atom. The van der Waals surface area contributed by atoms with E-state index in [9.17, 15) is 4.79 Å². The Bertz CT molecular complexity index is 769. The molecule has 0 spiro atoms. The van der Waals surface area contributed by atoms with E-state index in [2.05, 4.69) is 34.3 Å². The highest BCUT2D eigenvalue weighted by atomic mass is 16.5. The van der Waals surface area contributed by atoms with E-state index in [1.54, 1.807) is 25.3 Å². The van der Waals surface area contributed by atoms with Crippen LogP contribution in [0.4, 0.5) is 11.4 Å². The lowest BCUT2D eigenvalue weighted by Crippen LogP contribution is -2.44. The summed E-state index contributed by atoms with van der Waals surface area (Å²) < 4.78 is 10.8. The van der Waals surface area contributed by atoms with Gasteiger partial charge in [-0.1, -0.05) is 0 Å². The van der Waals surface area contributed by atoms with E-state index >= 15 is 0 Å². The van der Waals surface area contributed by atoms with Crippen molar-refractivity contribution in [2.45, 2.75) is 6.92 Å². The van der Waals surface area contributed by atoms with Crippen molar-refractivity contribution in [2.75, 3.05) is 57.2 Å². The van der Waals surface area contributed by atoms with Gasteiger partial charge in [0, 0.05) is 43.1 Å². The lowest BCUT2D eigenvalue weighted by Gasteiger charge is -2.34. The molecule has 2 aromatic carbocycles. The van der Waals surface area contributed by atoms with E-state index in [-0.39, 0.29) is 5.91 Å². The van der Waals surface area contributed by atoms with Crippen LogP contribution in [0.15, 0.2) is 42.5 Å². The minimum atomic E-state index is -0.175. The lowest BCUT2D eigenvalue weighted by atomic mass is 10.1. The molecule has 1 N–H and O–H groups in total. The third-order valence-corrected chi connectivity index (χ3v) is 4.72. The summed E-state index contributed by atoms with van der Waals surface area (Å²) in [4.78, 5) is 17.3. The van der Waals surface area contributed by atoms with Crippen LogP contribution < -0.4 is 19.7 Å². The molecule has 1 heterocycles. The van der Waals surface area contributed by atoms with Gasteiger partial charge < -0.3 is 24.6 Å². The van der Waals surface area contributed by atoms with Crippen LogP contribution in [-0.4, -0.2) is 57.8 Å². The Hall–Kier alpha value is -2.73. The van der Waals surface area contributed by atoms with Gasteiger partial charge in [-0.3, -0.25) is 4.79 Å². The molecule has 3 rings (SSSR count). The number of anilines is 2. The molecule has 1 aliphatic rings. The van der Waals surface area contributed by atoms with E-state index in [1.165, 1.54) is 5.69 Å². The van der Waals surface area contributed by atoms with Crippen LogP contribution in [0, 0.1) is 0 Å². The monoisotopic (exact) mass is 369 g/mol. The number of piperazine rings is 1. The number of amides is 1. The second-order valence-electron chi connectivity index (χ2n) is 6.59. The average molecular weight is 369 g/mol. The highest BCUT2D eigenvalue weighted by Crippen LogP contribution is 2.28. The van der Waals surface area contributed by atoms with Gasteiger partial charge in [-0.2, -0.15) is 0 Å². The number of carbonyl (C=O) groups excluding carboxylic acids is 1. The number of benzene rings is 2. The third kappa shape index (κ3) is 4.71. The summed E-state index contributed by atoms with van der Waals surface area (Å²) in [6.07, 6.45) is 0. The van der Waals surface area contributed by atoms with Crippen molar-refractivity contribution >= 4 is 17.3 Å². The minimum absolute atomic E-state index is 0.175. The predicted molar refractivity (Wildman–Crippen MR) is 108 cm³/mol. The maximum atomic E-state index is 12.6. The first-order valence-corrected chi connectivity index (χ1v) is 9.26. The van der Waals surface area contributed by atoms with E-state index in [1.807, 2.05) is 19.1 Å². The molecule has 1 amide bonds. The summed E-state index contributed by atoms with van der Waals surface area (Å²) in [5.74, 6) is 1.01. The summed E-state index contributed by atoms with van der Waals surface area (Å²) in [6, 6.07) is 13.2. The predicted octanol–water partition coefficient (Wildman–Crippen LogP) is 3.10. The number of methoxy groups -OCH3 is 1. The molecule has 2 aromatic rings. The summed E-state index contributed by atoms with van der Waals surface area (Å²) in [6.45, 7) is 6.59. The minimum Gasteiger partial charge on any atom is -0.493 e. The number of carbonyl (C=O) groups is 1. The maximum absolute atomic E-state index is 12.6. The van der Waals surface area contributed by atoms with Crippen molar-refractivity contribution in [2.24, 2.45) is 0 Å². The van der Waals surface area contributed by atoms with Gasteiger partial charge in [0.25, 0.3) is 5.91 Å². The SMILES string of the molecule is CCOc1cc(C(=O)Nc2ccc(N3CCN(C)CC3)cc2)ccc1OC. The molecule has 6 heteroatoms. The zero-order valence-corrected chi connectivity index (χ0v) is 16.2. The summed E-state index contributed by atoms with van der Waals surface area (Å²) in [5.41, 5.74) is 2.48. The molecule has 144 valence electrons. The van der Waals surface area contributed by atoms with Crippen LogP contribution in [0.1, 0.15) is 17.3 Å². The van der Waals surface area contributed by atoms with E-state index < -0.39 is 0 Å². The van der Waals surface area contributed by atoms with Gasteiger partial charge >= 0.3 is 0 Å². The molecule has 1 fully saturated rings. The number of hydrogen-bond donors (Lipinski definition) is 1. The molecular weight excluding hydrogens is 342 g/mol. The van der Waals surface area contributed by atoms with Gasteiger partial charge in [0.1, 0.15) is 0 Å². The van der Waals surface area contributed by atoms with E-state index in [0.717, 1.165) is 31.9 Å². The van der Waals surface area contributed by atoms with Crippen molar-refractivity contribution in [3.05, 3.63) is 48.0 Å². The number of rotatable bonds is 6. The van der Waals surface area contributed by atoms with Gasteiger partial charge in [0.05, 0.1) is 13.7 Å². The van der Waals surface area contributed by atoms with Crippen LogP contribution in [-0.2, 0) is 0 Å². The summed E-state index contributed by atoms with van der Waals surface area (Å²) in [5, 5.41) is 2.94. The Labute approximate surface area is 160 Å². The molecule has 27 heavy (non-hydrogen) atoms. The average Bonchev–Trinajstić information content (AvgIpc) is 2.69. The fourth-order valence-corrected chi connectivity index (χ4v) is 3.11. The molecule has 0 radical (unpaired) electrons. The number of hydrogen-bond acceptors (Lipinski definition) is 5. The Morgan fingerprint density at radius 3 is 2.37 bits per heavy atom. The topological polar surface area (TPSA) is 54.0 Å². The smallest absolute Gasteiger partial charge is 0.255 e. The molecule has 0 unspecified atom stereocenters. The fraction of sp³-hybridized carbons (Fsp3) is 0.381.